The number of aryl methyl sites for hydroxylation is 3. The van der Waals surface area contributed by atoms with E-state index in [-0.39, 0.29) is 24.0 Å². The van der Waals surface area contributed by atoms with Crippen molar-refractivity contribution in [3.63, 3.8) is 0 Å². The molecule has 1 aromatic carbocycles. The zero-order valence-corrected chi connectivity index (χ0v) is 20.0. The van der Waals surface area contributed by atoms with E-state index in [0.717, 1.165) is 72.3 Å². The number of halogens is 1. The monoisotopic (exact) mass is 510 g/mol. The molecule has 0 saturated heterocycles. The van der Waals surface area contributed by atoms with Gasteiger partial charge in [-0.2, -0.15) is 0 Å². The number of fused-ring (bicyclic) bond motifs is 1. The Morgan fingerprint density at radius 3 is 2.66 bits per heavy atom. The molecule has 0 bridgehead atoms. The number of aromatic nitrogens is 3. The third-order valence-electron chi connectivity index (χ3n) is 4.82. The van der Waals surface area contributed by atoms with Crippen LogP contribution in [0.3, 0.4) is 0 Å². The number of hydrogen-bond acceptors (Lipinski definition) is 4. The van der Waals surface area contributed by atoms with Crippen molar-refractivity contribution in [2.45, 2.75) is 53.6 Å². The maximum Gasteiger partial charge on any atom is 0.191 e. The van der Waals surface area contributed by atoms with Crippen LogP contribution in [0.1, 0.15) is 43.6 Å². The largest absolute Gasteiger partial charge is 0.361 e. The fourth-order valence-electron chi connectivity index (χ4n) is 3.38. The van der Waals surface area contributed by atoms with E-state index in [2.05, 4.69) is 58.2 Å². The highest BCUT2D eigenvalue weighted by atomic mass is 127. The molecule has 3 aromatic rings. The molecular formula is C21H31IN6O. The first-order valence-corrected chi connectivity index (χ1v) is 10.1. The molecule has 158 valence electrons. The fraction of sp³-hybridized carbons (Fsp3) is 0.476. The van der Waals surface area contributed by atoms with E-state index < -0.39 is 0 Å². The average molecular weight is 510 g/mol. The number of nitrogens with zero attached hydrogens (tertiary/aromatic N) is 4. The lowest BCUT2D eigenvalue weighted by atomic mass is 10.1. The molecule has 29 heavy (non-hydrogen) atoms. The Balaban J connectivity index is 0.00000300. The SMILES string of the molecule is CCNC(=NCc1c(CC)noc1CC)NCCn1c(C)nc2ccccc21.I. The highest BCUT2D eigenvalue weighted by Crippen LogP contribution is 2.17. The molecule has 0 saturated carbocycles. The summed E-state index contributed by atoms with van der Waals surface area (Å²) in [5.41, 5.74) is 4.30. The summed E-state index contributed by atoms with van der Waals surface area (Å²) in [5, 5.41) is 10.9. The quantitative estimate of drug-likeness (QED) is 0.274. The number of nitrogens with one attached hydrogen (secondary N) is 2. The van der Waals surface area contributed by atoms with Gasteiger partial charge in [0.1, 0.15) is 11.6 Å². The lowest BCUT2D eigenvalue weighted by Gasteiger charge is -2.13. The van der Waals surface area contributed by atoms with Crippen molar-refractivity contribution >= 4 is 41.0 Å². The smallest absolute Gasteiger partial charge is 0.191 e. The highest BCUT2D eigenvalue weighted by molar-refractivity contribution is 14.0. The predicted molar refractivity (Wildman–Crippen MR) is 128 cm³/mol. The second kappa shape index (κ2) is 11.2. The molecule has 0 atom stereocenters. The van der Waals surface area contributed by atoms with Gasteiger partial charge in [-0.05, 0) is 32.4 Å². The summed E-state index contributed by atoms with van der Waals surface area (Å²) in [5.74, 6) is 2.75. The molecule has 2 aromatic heterocycles. The van der Waals surface area contributed by atoms with Crippen molar-refractivity contribution in [1.29, 1.82) is 0 Å². The number of rotatable bonds is 8. The van der Waals surface area contributed by atoms with E-state index in [1.807, 2.05) is 19.1 Å². The molecule has 0 fully saturated rings. The molecule has 0 aliphatic rings. The second-order valence-electron chi connectivity index (χ2n) is 6.66. The van der Waals surface area contributed by atoms with Gasteiger partial charge in [-0.3, -0.25) is 0 Å². The first kappa shape index (κ1) is 23.2. The third-order valence-corrected chi connectivity index (χ3v) is 4.82. The molecule has 0 aliphatic heterocycles. The number of imidazole rings is 1. The normalized spacial score (nSPS) is 11.5. The van der Waals surface area contributed by atoms with Crippen LogP contribution in [0.4, 0.5) is 0 Å². The molecule has 0 radical (unpaired) electrons. The van der Waals surface area contributed by atoms with Crippen LogP contribution in [-0.2, 0) is 25.9 Å². The zero-order valence-electron chi connectivity index (χ0n) is 17.7. The minimum Gasteiger partial charge on any atom is -0.361 e. The Morgan fingerprint density at radius 2 is 1.93 bits per heavy atom. The molecule has 3 rings (SSSR count). The topological polar surface area (TPSA) is 80.3 Å². The molecule has 2 N–H and O–H groups in total. The van der Waals surface area contributed by atoms with Crippen molar-refractivity contribution in [2.75, 3.05) is 13.1 Å². The van der Waals surface area contributed by atoms with Crippen molar-refractivity contribution in [3.8, 4) is 0 Å². The Bertz CT molecular complexity index is 924. The maximum atomic E-state index is 5.44. The highest BCUT2D eigenvalue weighted by Gasteiger charge is 2.13. The first-order chi connectivity index (χ1) is 13.7. The van der Waals surface area contributed by atoms with Crippen LogP contribution >= 0.6 is 24.0 Å². The second-order valence-corrected chi connectivity index (χ2v) is 6.66. The molecular weight excluding hydrogens is 479 g/mol. The van der Waals surface area contributed by atoms with Gasteiger partial charge in [-0.25, -0.2) is 9.98 Å². The van der Waals surface area contributed by atoms with E-state index in [9.17, 15) is 0 Å². The van der Waals surface area contributed by atoms with Crippen molar-refractivity contribution in [1.82, 2.24) is 25.3 Å². The van der Waals surface area contributed by atoms with Gasteiger partial charge in [-0.1, -0.05) is 31.1 Å². The Kier molecular flexibility index (Phi) is 8.94. The molecule has 8 heteroatoms. The van der Waals surface area contributed by atoms with Crippen molar-refractivity contribution in [2.24, 2.45) is 4.99 Å². The van der Waals surface area contributed by atoms with Crippen LogP contribution in [0.5, 0.6) is 0 Å². The summed E-state index contributed by atoms with van der Waals surface area (Å²) in [6.45, 7) is 11.2. The molecule has 0 spiro atoms. The average Bonchev–Trinajstić information content (AvgIpc) is 3.25. The summed E-state index contributed by atoms with van der Waals surface area (Å²) in [4.78, 5) is 9.37. The number of guanidine groups is 1. The molecule has 0 unspecified atom stereocenters. The van der Waals surface area contributed by atoms with Crippen molar-refractivity contribution < 1.29 is 4.52 Å². The van der Waals surface area contributed by atoms with Gasteiger partial charge >= 0.3 is 0 Å². The summed E-state index contributed by atoms with van der Waals surface area (Å²) in [6.07, 6.45) is 1.68. The maximum absolute atomic E-state index is 5.44. The minimum atomic E-state index is 0. The van der Waals surface area contributed by atoms with Crippen LogP contribution in [-0.4, -0.2) is 33.8 Å². The zero-order chi connectivity index (χ0) is 19.9. The Morgan fingerprint density at radius 1 is 1.14 bits per heavy atom. The molecule has 2 heterocycles. The standard InChI is InChI=1S/C21H30N6O.HI/c1-5-17-16(20(6-2)28-26-17)14-24-21(22-7-3)23-12-13-27-15(4)25-18-10-8-9-11-19(18)27;/h8-11H,5-7,12-14H2,1-4H3,(H2,22,23,24);1H. The Hall–Kier alpha value is -2.10. The molecule has 0 amide bonds. The lowest BCUT2D eigenvalue weighted by molar-refractivity contribution is 0.380. The van der Waals surface area contributed by atoms with E-state index in [4.69, 9.17) is 9.52 Å². The van der Waals surface area contributed by atoms with Crippen molar-refractivity contribution in [3.05, 3.63) is 47.1 Å². The first-order valence-electron chi connectivity index (χ1n) is 10.1. The number of para-hydroxylation sites is 2. The summed E-state index contributed by atoms with van der Waals surface area (Å²) in [7, 11) is 0. The van der Waals surface area contributed by atoms with E-state index in [1.165, 1.54) is 0 Å². The summed E-state index contributed by atoms with van der Waals surface area (Å²) < 4.78 is 7.67. The van der Waals surface area contributed by atoms with E-state index in [0.29, 0.717) is 6.54 Å². The van der Waals surface area contributed by atoms with Gasteiger partial charge < -0.3 is 19.7 Å². The van der Waals surface area contributed by atoms with Crippen LogP contribution in [0.15, 0.2) is 33.8 Å². The lowest BCUT2D eigenvalue weighted by Crippen LogP contribution is -2.39. The molecule has 0 aliphatic carbocycles. The van der Waals surface area contributed by atoms with E-state index >= 15 is 0 Å². The number of hydrogen-bond donors (Lipinski definition) is 2. The van der Waals surface area contributed by atoms with Crippen LogP contribution < -0.4 is 10.6 Å². The van der Waals surface area contributed by atoms with Gasteiger partial charge in [0.15, 0.2) is 5.96 Å². The fourth-order valence-corrected chi connectivity index (χ4v) is 3.38. The van der Waals surface area contributed by atoms with Gasteiger partial charge in [-0.15, -0.1) is 24.0 Å². The third kappa shape index (κ3) is 5.49. The summed E-state index contributed by atoms with van der Waals surface area (Å²) in [6, 6.07) is 8.23. The van der Waals surface area contributed by atoms with E-state index in [1.54, 1.807) is 0 Å². The van der Waals surface area contributed by atoms with Gasteiger partial charge in [0.25, 0.3) is 0 Å². The molecule has 7 nitrogen and oxygen atoms in total. The number of aliphatic imine (C=N–C) groups is 1. The minimum absolute atomic E-state index is 0. The number of benzene rings is 1. The van der Waals surface area contributed by atoms with Gasteiger partial charge in [0.2, 0.25) is 0 Å². The van der Waals surface area contributed by atoms with Gasteiger partial charge in [0.05, 0.1) is 23.3 Å². The predicted octanol–water partition coefficient (Wildman–Crippen LogP) is 3.83. The Labute approximate surface area is 189 Å². The van der Waals surface area contributed by atoms with Crippen LogP contribution in [0.2, 0.25) is 0 Å². The summed E-state index contributed by atoms with van der Waals surface area (Å²) >= 11 is 0. The van der Waals surface area contributed by atoms with Crippen LogP contribution in [0.25, 0.3) is 11.0 Å². The van der Waals surface area contributed by atoms with Gasteiger partial charge in [0, 0.05) is 31.6 Å². The van der Waals surface area contributed by atoms with Crippen LogP contribution in [0, 0.1) is 6.92 Å².